The van der Waals surface area contributed by atoms with Crippen molar-refractivity contribution in [3.63, 3.8) is 0 Å². The van der Waals surface area contributed by atoms with Crippen molar-refractivity contribution >= 4 is 21.6 Å². The summed E-state index contributed by atoms with van der Waals surface area (Å²) in [5, 5.41) is 3.79. The Labute approximate surface area is 153 Å². The first-order valence-corrected chi connectivity index (χ1v) is 9.89. The van der Waals surface area contributed by atoms with Crippen LogP contribution < -0.4 is 5.32 Å². The summed E-state index contributed by atoms with van der Waals surface area (Å²) in [6, 6.07) is 21.5. The zero-order valence-electron chi connectivity index (χ0n) is 14.0. The van der Waals surface area contributed by atoms with Crippen LogP contribution in [0, 0.1) is 0 Å². The molecule has 2 saturated heterocycles. The number of hydrogen-bond acceptors (Lipinski definition) is 2. The van der Waals surface area contributed by atoms with Crippen LogP contribution in [0.5, 0.6) is 0 Å². The number of rotatable bonds is 4. The molecule has 2 aliphatic heterocycles. The van der Waals surface area contributed by atoms with Crippen LogP contribution in [0.1, 0.15) is 37.7 Å². The van der Waals surface area contributed by atoms with Crippen molar-refractivity contribution in [3.05, 3.63) is 64.6 Å². The summed E-state index contributed by atoms with van der Waals surface area (Å²) >= 11 is 3.67. The predicted molar refractivity (Wildman–Crippen MR) is 104 cm³/mol. The Bertz CT molecular complexity index is 659. The maximum Gasteiger partial charge on any atom is 0.0486 e. The molecule has 3 heteroatoms. The van der Waals surface area contributed by atoms with E-state index in [0.717, 1.165) is 18.6 Å². The third-order valence-electron chi connectivity index (χ3n) is 5.57. The predicted octanol–water partition coefficient (Wildman–Crippen LogP) is 5.45. The SMILES string of the molecule is Brc1ccccc1NC1CC2CCCC(C1)N2Cc1ccccc1. The first kappa shape index (κ1) is 16.2. The van der Waals surface area contributed by atoms with Crippen LogP contribution in [0.4, 0.5) is 5.69 Å². The Morgan fingerprint density at radius 1 is 0.917 bits per heavy atom. The highest BCUT2D eigenvalue weighted by atomic mass is 79.9. The van der Waals surface area contributed by atoms with Crippen molar-refractivity contribution in [1.29, 1.82) is 0 Å². The van der Waals surface area contributed by atoms with Gasteiger partial charge in [-0.2, -0.15) is 0 Å². The molecule has 0 aromatic heterocycles. The molecule has 1 N–H and O–H groups in total. The first-order chi connectivity index (χ1) is 11.8. The minimum Gasteiger partial charge on any atom is -0.381 e. The summed E-state index contributed by atoms with van der Waals surface area (Å²) in [5.41, 5.74) is 2.68. The van der Waals surface area contributed by atoms with E-state index in [9.17, 15) is 0 Å². The molecule has 2 nitrogen and oxygen atoms in total. The van der Waals surface area contributed by atoms with E-state index in [1.807, 2.05) is 0 Å². The van der Waals surface area contributed by atoms with Crippen LogP contribution in [-0.2, 0) is 6.54 Å². The van der Waals surface area contributed by atoms with Gasteiger partial charge in [0.1, 0.15) is 0 Å². The monoisotopic (exact) mass is 384 g/mol. The second-order valence-corrected chi connectivity index (χ2v) is 8.04. The van der Waals surface area contributed by atoms with E-state index in [1.165, 1.54) is 47.8 Å². The van der Waals surface area contributed by atoms with Gasteiger partial charge in [0.15, 0.2) is 0 Å². The van der Waals surface area contributed by atoms with Gasteiger partial charge in [-0.15, -0.1) is 0 Å². The molecule has 0 saturated carbocycles. The van der Waals surface area contributed by atoms with Crippen LogP contribution in [0.2, 0.25) is 0 Å². The Hall–Kier alpha value is -1.32. The molecule has 0 aliphatic carbocycles. The lowest BCUT2D eigenvalue weighted by atomic mass is 9.81. The van der Waals surface area contributed by atoms with E-state index in [2.05, 4.69) is 80.7 Å². The van der Waals surface area contributed by atoms with Crippen LogP contribution in [0.25, 0.3) is 0 Å². The molecule has 24 heavy (non-hydrogen) atoms. The van der Waals surface area contributed by atoms with Crippen LogP contribution in [0.3, 0.4) is 0 Å². The topological polar surface area (TPSA) is 15.3 Å². The second kappa shape index (κ2) is 7.28. The standard InChI is InChI=1S/C21H25BrN2/c22-20-11-4-5-12-21(20)23-17-13-18-9-6-10-19(14-17)24(18)15-16-7-2-1-3-8-16/h1-5,7-8,11-12,17-19,23H,6,9-10,13-15H2. The molecule has 4 rings (SSSR count). The molecule has 0 spiro atoms. The molecule has 2 fully saturated rings. The van der Waals surface area contributed by atoms with Crippen LogP contribution in [0.15, 0.2) is 59.1 Å². The van der Waals surface area contributed by atoms with Gasteiger partial charge in [0.25, 0.3) is 0 Å². The van der Waals surface area contributed by atoms with Crippen molar-refractivity contribution in [2.24, 2.45) is 0 Å². The number of fused-ring (bicyclic) bond motifs is 2. The summed E-state index contributed by atoms with van der Waals surface area (Å²) in [6.07, 6.45) is 6.59. The van der Waals surface area contributed by atoms with Crippen LogP contribution in [-0.4, -0.2) is 23.0 Å². The van der Waals surface area contributed by atoms with E-state index in [-0.39, 0.29) is 0 Å². The number of piperidine rings is 2. The lowest BCUT2D eigenvalue weighted by molar-refractivity contribution is 0.0278. The third kappa shape index (κ3) is 3.52. The summed E-state index contributed by atoms with van der Waals surface area (Å²) in [7, 11) is 0. The molecule has 2 unspecified atom stereocenters. The molecule has 126 valence electrons. The molecule has 0 radical (unpaired) electrons. The highest BCUT2D eigenvalue weighted by molar-refractivity contribution is 9.10. The minimum atomic E-state index is 0.589. The summed E-state index contributed by atoms with van der Waals surface area (Å²) < 4.78 is 1.17. The quantitative estimate of drug-likeness (QED) is 0.753. The van der Waals surface area contributed by atoms with Gasteiger partial charge in [0.05, 0.1) is 0 Å². The smallest absolute Gasteiger partial charge is 0.0486 e. The molecule has 0 amide bonds. The molecule has 2 bridgehead atoms. The van der Waals surface area contributed by atoms with Gasteiger partial charge >= 0.3 is 0 Å². The first-order valence-electron chi connectivity index (χ1n) is 9.10. The number of para-hydroxylation sites is 1. The van der Waals surface area contributed by atoms with E-state index in [4.69, 9.17) is 0 Å². The highest BCUT2D eigenvalue weighted by Gasteiger charge is 2.38. The number of anilines is 1. The third-order valence-corrected chi connectivity index (χ3v) is 6.26. The number of nitrogens with zero attached hydrogens (tertiary/aromatic N) is 1. The van der Waals surface area contributed by atoms with Crippen molar-refractivity contribution in [2.45, 2.75) is 56.8 Å². The van der Waals surface area contributed by atoms with E-state index in [1.54, 1.807) is 0 Å². The van der Waals surface area contributed by atoms with Gasteiger partial charge in [-0.1, -0.05) is 48.9 Å². The maximum absolute atomic E-state index is 3.79. The van der Waals surface area contributed by atoms with Crippen molar-refractivity contribution in [3.8, 4) is 0 Å². The summed E-state index contributed by atoms with van der Waals surface area (Å²) in [5.74, 6) is 0. The zero-order valence-corrected chi connectivity index (χ0v) is 15.6. The van der Waals surface area contributed by atoms with Gasteiger partial charge in [-0.3, -0.25) is 4.90 Å². The molecule has 2 aliphatic rings. The van der Waals surface area contributed by atoms with Gasteiger partial charge in [0.2, 0.25) is 0 Å². The molecule has 2 heterocycles. The average molecular weight is 385 g/mol. The minimum absolute atomic E-state index is 0.589. The Morgan fingerprint density at radius 2 is 1.58 bits per heavy atom. The maximum atomic E-state index is 3.79. The molecule has 2 aromatic carbocycles. The van der Waals surface area contributed by atoms with Gasteiger partial charge in [-0.25, -0.2) is 0 Å². The second-order valence-electron chi connectivity index (χ2n) is 7.19. The van der Waals surface area contributed by atoms with Gasteiger partial charge < -0.3 is 5.32 Å². The highest BCUT2D eigenvalue weighted by Crippen LogP contribution is 2.37. The van der Waals surface area contributed by atoms with Crippen molar-refractivity contribution in [2.75, 3.05) is 5.32 Å². The van der Waals surface area contributed by atoms with Gasteiger partial charge in [0, 0.05) is 34.8 Å². The fraction of sp³-hybridized carbons (Fsp3) is 0.429. The lowest BCUT2D eigenvalue weighted by Gasteiger charge is -2.49. The largest absolute Gasteiger partial charge is 0.381 e. The number of benzene rings is 2. The zero-order chi connectivity index (χ0) is 16.4. The van der Waals surface area contributed by atoms with Gasteiger partial charge in [-0.05, 0) is 59.3 Å². The summed E-state index contributed by atoms with van der Waals surface area (Å²) in [6.45, 7) is 1.11. The van der Waals surface area contributed by atoms with E-state index >= 15 is 0 Å². The average Bonchev–Trinajstić information content (AvgIpc) is 2.58. The summed E-state index contributed by atoms with van der Waals surface area (Å²) in [4.78, 5) is 2.77. The lowest BCUT2D eigenvalue weighted by Crippen LogP contribution is -2.54. The fourth-order valence-corrected chi connectivity index (χ4v) is 4.85. The number of nitrogens with one attached hydrogen (secondary N) is 1. The molecular weight excluding hydrogens is 360 g/mol. The van der Waals surface area contributed by atoms with E-state index in [0.29, 0.717) is 6.04 Å². The van der Waals surface area contributed by atoms with E-state index < -0.39 is 0 Å². The number of halogens is 1. The Morgan fingerprint density at radius 3 is 2.29 bits per heavy atom. The molecule has 2 aromatic rings. The Kier molecular flexibility index (Phi) is 4.91. The van der Waals surface area contributed by atoms with Crippen LogP contribution >= 0.6 is 15.9 Å². The molecule has 2 atom stereocenters. The van der Waals surface area contributed by atoms with Crippen molar-refractivity contribution in [1.82, 2.24) is 4.90 Å². The Balaban J connectivity index is 1.46. The van der Waals surface area contributed by atoms with Crippen molar-refractivity contribution < 1.29 is 0 Å². The fourth-order valence-electron chi connectivity index (χ4n) is 4.45. The normalized spacial score (nSPS) is 27.0. The molecular formula is C21H25BrN2. The number of hydrogen-bond donors (Lipinski definition) is 1.